The number of hydrogen-bond acceptors (Lipinski definition) is 2. The molecule has 1 aromatic carbocycles. The molecule has 0 spiro atoms. The van der Waals surface area contributed by atoms with Crippen molar-refractivity contribution in [2.24, 2.45) is 0 Å². The summed E-state index contributed by atoms with van der Waals surface area (Å²) < 4.78 is 13.2. The molecule has 0 saturated heterocycles. The minimum absolute atomic E-state index is 0.0881. The molecule has 0 aliphatic carbocycles. The van der Waals surface area contributed by atoms with Crippen molar-refractivity contribution in [3.05, 3.63) is 34.6 Å². The summed E-state index contributed by atoms with van der Waals surface area (Å²) in [5.41, 5.74) is -0.119. The van der Waals surface area contributed by atoms with E-state index in [4.69, 9.17) is 16.7 Å². The van der Waals surface area contributed by atoms with E-state index in [2.05, 4.69) is 5.32 Å². The van der Waals surface area contributed by atoms with Crippen LogP contribution >= 0.6 is 11.6 Å². The van der Waals surface area contributed by atoms with E-state index in [9.17, 15) is 9.18 Å². The largest absolute Gasteiger partial charge is 0.395 e. The molecule has 0 heterocycles. The summed E-state index contributed by atoms with van der Waals surface area (Å²) in [6.45, 7) is -0.0985. The number of halogens is 2. The van der Waals surface area contributed by atoms with Crippen molar-refractivity contribution in [3.63, 3.8) is 0 Å². The maximum Gasteiger partial charge on any atom is 0.254 e. The monoisotopic (exact) mass is 217 g/mol. The molecule has 1 rings (SSSR count). The van der Waals surface area contributed by atoms with Crippen molar-refractivity contribution < 1.29 is 14.3 Å². The first kappa shape index (κ1) is 10.9. The number of rotatable bonds is 3. The van der Waals surface area contributed by atoms with Gasteiger partial charge in [0.1, 0.15) is 0 Å². The molecular weight excluding hydrogens is 209 g/mol. The second kappa shape index (κ2) is 4.93. The Kier molecular flexibility index (Phi) is 3.85. The van der Waals surface area contributed by atoms with Gasteiger partial charge in [0.25, 0.3) is 5.91 Å². The summed E-state index contributed by atoms with van der Waals surface area (Å²) >= 11 is 5.49. The summed E-state index contributed by atoms with van der Waals surface area (Å²) in [7, 11) is 0. The number of amides is 1. The maximum absolute atomic E-state index is 13.2. The number of aliphatic hydroxyl groups excluding tert-OH is 1. The number of hydrogen-bond donors (Lipinski definition) is 2. The highest BCUT2D eigenvalue weighted by Crippen LogP contribution is 2.17. The zero-order chi connectivity index (χ0) is 10.6. The van der Waals surface area contributed by atoms with E-state index < -0.39 is 11.7 Å². The van der Waals surface area contributed by atoms with Crippen molar-refractivity contribution in [1.82, 2.24) is 5.32 Å². The topological polar surface area (TPSA) is 49.3 Å². The van der Waals surface area contributed by atoms with Crippen LogP contribution in [0.4, 0.5) is 4.39 Å². The first-order chi connectivity index (χ1) is 6.66. The van der Waals surface area contributed by atoms with E-state index >= 15 is 0 Å². The van der Waals surface area contributed by atoms with Gasteiger partial charge in [0.2, 0.25) is 0 Å². The molecule has 0 aromatic heterocycles. The van der Waals surface area contributed by atoms with Gasteiger partial charge in [0.15, 0.2) is 5.82 Å². The maximum atomic E-state index is 13.2. The SMILES string of the molecule is O=C(NCCO)c1cccc(Cl)c1F. The lowest BCUT2D eigenvalue weighted by Crippen LogP contribution is -2.27. The Morgan fingerprint density at radius 3 is 2.93 bits per heavy atom. The molecule has 0 unspecified atom stereocenters. The molecule has 76 valence electrons. The molecule has 0 bridgehead atoms. The Labute approximate surface area is 85.5 Å². The van der Waals surface area contributed by atoms with Crippen LogP contribution in [0.1, 0.15) is 10.4 Å². The number of aliphatic hydroxyl groups is 1. The molecule has 5 heteroatoms. The van der Waals surface area contributed by atoms with Crippen LogP contribution in [0.2, 0.25) is 5.02 Å². The second-order valence-corrected chi connectivity index (χ2v) is 2.99. The fraction of sp³-hybridized carbons (Fsp3) is 0.222. The Morgan fingerprint density at radius 2 is 2.29 bits per heavy atom. The van der Waals surface area contributed by atoms with Crippen molar-refractivity contribution in [2.75, 3.05) is 13.2 Å². The Bertz CT molecular complexity index is 344. The third-order valence-electron chi connectivity index (χ3n) is 1.59. The van der Waals surface area contributed by atoms with Crippen LogP contribution in [0, 0.1) is 5.82 Å². The van der Waals surface area contributed by atoms with Gasteiger partial charge >= 0.3 is 0 Å². The van der Waals surface area contributed by atoms with Crippen molar-refractivity contribution in [3.8, 4) is 0 Å². The van der Waals surface area contributed by atoms with Gasteiger partial charge in [-0.05, 0) is 12.1 Å². The van der Waals surface area contributed by atoms with Crippen LogP contribution in [-0.2, 0) is 0 Å². The van der Waals surface area contributed by atoms with E-state index in [-0.39, 0.29) is 23.7 Å². The fourth-order valence-electron chi connectivity index (χ4n) is 0.944. The molecular formula is C9H9ClFNO2. The molecule has 1 amide bonds. The summed E-state index contributed by atoms with van der Waals surface area (Å²) in [6, 6.07) is 4.17. The molecule has 1 aromatic rings. The van der Waals surface area contributed by atoms with Gasteiger partial charge in [-0.15, -0.1) is 0 Å². The molecule has 0 aliphatic heterocycles. The van der Waals surface area contributed by atoms with Gasteiger partial charge in [-0.3, -0.25) is 4.79 Å². The summed E-state index contributed by atoms with van der Waals surface area (Å²) in [5.74, 6) is -1.33. The van der Waals surface area contributed by atoms with Crippen LogP contribution in [0.5, 0.6) is 0 Å². The zero-order valence-corrected chi connectivity index (χ0v) is 8.01. The molecule has 14 heavy (non-hydrogen) atoms. The molecule has 0 fully saturated rings. The van der Waals surface area contributed by atoms with Crippen molar-refractivity contribution in [1.29, 1.82) is 0 Å². The first-order valence-corrected chi connectivity index (χ1v) is 4.37. The smallest absolute Gasteiger partial charge is 0.254 e. The summed E-state index contributed by atoms with van der Waals surface area (Å²) in [6.07, 6.45) is 0. The number of nitrogens with one attached hydrogen (secondary N) is 1. The van der Waals surface area contributed by atoms with E-state index in [1.165, 1.54) is 18.2 Å². The van der Waals surface area contributed by atoms with E-state index in [1.54, 1.807) is 0 Å². The molecule has 2 N–H and O–H groups in total. The standard InChI is InChI=1S/C9H9ClFNO2/c10-7-3-1-2-6(8(7)11)9(14)12-4-5-13/h1-3,13H,4-5H2,(H,12,14). The highest BCUT2D eigenvalue weighted by atomic mass is 35.5. The van der Waals surface area contributed by atoms with E-state index in [1.807, 2.05) is 0 Å². The van der Waals surface area contributed by atoms with Gasteiger partial charge < -0.3 is 10.4 Å². The predicted octanol–water partition coefficient (Wildman–Crippen LogP) is 1.20. The minimum atomic E-state index is -0.746. The van der Waals surface area contributed by atoms with Crippen LogP contribution in [-0.4, -0.2) is 24.2 Å². The highest BCUT2D eigenvalue weighted by Gasteiger charge is 2.12. The Hall–Kier alpha value is -1.13. The number of carbonyl (C=O) groups excluding carboxylic acids is 1. The summed E-state index contributed by atoms with van der Waals surface area (Å²) in [4.78, 5) is 11.3. The lowest BCUT2D eigenvalue weighted by molar-refractivity contribution is 0.0940. The van der Waals surface area contributed by atoms with Gasteiger partial charge in [0, 0.05) is 6.54 Å². The molecule has 0 saturated carbocycles. The van der Waals surface area contributed by atoms with Gasteiger partial charge in [-0.25, -0.2) is 4.39 Å². The van der Waals surface area contributed by atoms with Crippen molar-refractivity contribution >= 4 is 17.5 Å². The van der Waals surface area contributed by atoms with Gasteiger partial charge in [-0.2, -0.15) is 0 Å². The molecule has 0 aliphatic rings. The molecule has 0 atom stereocenters. The highest BCUT2D eigenvalue weighted by molar-refractivity contribution is 6.31. The van der Waals surface area contributed by atoms with E-state index in [0.717, 1.165) is 0 Å². The number of benzene rings is 1. The lowest BCUT2D eigenvalue weighted by atomic mass is 10.2. The zero-order valence-electron chi connectivity index (χ0n) is 7.26. The normalized spacial score (nSPS) is 9.93. The number of carbonyl (C=O) groups is 1. The average Bonchev–Trinajstić information content (AvgIpc) is 2.18. The fourth-order valence-corrected chi connectivity index (χ4v) is 1.12. The Balaban J connectivity index is 2.84. The van der Waals surface area contributed by atoms with Crippen LogP contribution in [0.15, 0.2) is 18.2 Å². The third kappa shape index (κ3) is 2.43. The second-order valence-electron chi connectivity index (χ2n) is 2.58. The van der Waals surface area contributed by atoms with Crippen LogP contribution in [0.25, 0.3) is 0 Å². The predicted molar refractivity (Wildman–Crippen MR) is 50.8 cm³/mol. The molecule has 0 radical (unpaired) electrons. The first-order valence-electron chi connectivity index (χ1n) is 4.00. The van der Waals surface area contributed by atoms with Gasteiger partial charge in [0.05, 0.1) is 17.2 Å². The van der Waals surface area contributed by atoms with Crippen LogP contribution in [0.3, 0.4) is 0 Å². The van der Waals surface area contributed by atoms with Gasteiger partial charge in [-0.1, -0.05) is 17.7 Å². The average molecular weight is 218 g/mol. The van der Waals surface area contributed by atoms with Crippen molar-refractivity contribution in [2.45, 2.75) is 0 Å². The molecule has 3 nitrogen and oxygen atoms in total. The minimum Gasteiger partial charge on any atom is -0.395 e. The Morgan fingerprint density at radius 1 is 1.57 bits per heavy atom. The quantitative estimate of drug-likeness (QED) is 0.800. The van der Waals surface area contributed by atoms with Crippen LogP contribution < -0.4 is 5.32 Å². The third-order valence-corrected chi connectivity index (χ3v) is 1.89. The lowest BCUT2D eigenvalue weighted by Gasteiger charge is -2.04. The van der Waals surface area contributed by atoms with E-state index in [0.29, 0.717) is 0 Å². The summed E-state index contributed by atoms with van der Waals surface area (Å²) in [5, 5.41) is 10.7.